The number of hydrogen-bond acceptors (Lipinski definition) is 4. The lowest BCUT2D eigenvalue weighted by atomic mass is 9.71. The van der Waals surface area contributed by atoms with Crippen molar-refractivity contribution >= 4 is 23.1 Å². The van der Waals surface area contributed by atoms with Gasteiger partial charge in [0.15, 0.2) is 5.78 Å². The van der Waals surface area contributed by atoms with E-state index in [-0.39, 0.29) is 30.3 Å². The highest BCUT2D eigenvalue weighted by Crippen LogP contribution is 2.44. The summed E-state index contributed by atoms with van der Waals surface area (Å²) in [7, 11) is 2.01. The minimum absolute atomic E-state index is 0.0291. The molecule has 5 nitrogen and oxygen atoms in total. The molecule has 0 bridgehead atoms. The van der Waals surface area contributed by atoms with Crippen LogP contribution in [0.1, 0.15) is 42.6 Å². The van der Waals surface area contributed by atoms with Gasteiger partial charge in [0.1, 0.15) is 12.4 Å². The highest BCUT2D eigenvalue weighted by atomic mass is 35.5. The second kappa shape index (κ2) is 6.43. The van der Waals surface area contributed by atoms with E-state index < -0.39 is 0 Å². The van der Waals surface area contributed by atoms with E-state index in [4.69, 9.17) is 16.6 Å². The molecule has 27 heavy (non-hydrogen) atoms. The number of rotatable bonds is 2. The molecule has 3 heterocycles. The van der Waals surface area contributed by atoms with Gasteiger partial charge < -0.3 is 9.88 Å². The number of nitrogens with one attached hydrogen (secondary N) is 1. The van der Waals surface area contributed by atoms with Crippen LogP contribution in [0, 0.1) is 0 Å². The largest absolute Gasteiger partial charge is 0.337 e. The zero-order valence-corrected chi connectivity index (χ0v) is 15.9. The number of aromatic nitrogens is 2. The van der Waals surface area contributed by atoms with E-state index in [9.17, 15) is 4.79 Å². The molecule has 2 aromatic rings. The molecule has 1 fully saturated rings. The first-order valence-electron chi connectivity index (χ1n) is 9.43. The Hall–Kier alpha value is -2.24. The molecule has 3 aliphatic rings. The number of carbonyl (C=O) groups excluding carboxylic acids is 1. The zero-order chi connectivity index (χ0) is 18.5. The van der Waals surface area contributed by atoms with Crippen molar-refractivity contribution in [2.75, 3.05) is 6.54 Å². The molecule has 0 saturated carbocycles. The molecule has 5 rings (SSSR count). The average Bonchev–Trinajstić information content (AvgIpc) is 3.10. The third kappa shape index (κ3) is 2.68. The third-order valence-electron chi connectivity index (χ3n) is 5.97. The summed E-state index contributed by atoms with van der Waals surface area (Å²) in [4.78, 5) is 21.9. The highest BCUT2D eigenvalue weighted by Gasteiger charge is 2.45. The quantitative estimate of drug-likeness (QED) is 0.868. The van der Waals surface area contributed by atoms with Crippen LogP contribution in [0.25, 0.3) is 0 Å². The summed E-state index contributed by atoms with van der Waals surface area (Å²) < 4.78 is 2.05. The monoisotopic (exact) mass is 380 g/mol. The van der Waals surface area contributed by atoms with E-state index in [1.54, 1.807) is 0 Å². The van der Waals surface area contributed by atoms with Crippen LogP contribution in [0.15, 0.2) is 52.8 Å². The van der Waals surface area contributed by atoms with Crippen LogP contribution in [0.4, 0.5) is 0 Å². The second-order valence-electron chi connectivity index (χ2n) is 7.53. The fraction of sp³-hybridized carbons (Fsp3) is 0.381. The molecule has 0 spiro atoms. The molecule has 1 aromatic heterocycles. The van der Waals surface area contributed by atoms with Gasteiger partial charge in [0.05, 0.1) is 11.6 Å². The summed E-state index contributed by atoms with van der Waals surface area (Å²) in [6, 6.07) is 8.22. The molecule has 3 unspecified atom stereocenters. The SMILES string of the molecule is Cn1ccnc1C1C2=NCC(=O)C3=C2C(CCC3)NC1c1ccc(Cl)cc1. The van der Waals surface area contributed by atoms with Crippen LogP contribution in [0.3, 0.4) is 0 Å². The Labute approximate surface area is 163 Å². The number of hydrogen-bond donors (Lipinski definition) is 1. The smallest absolute Gasteiger partial charge is 0.180 e. The molecule has 0 amide bonds. The Morgan fingerprint density at radius 2 is 2.07 bits per heavy atom. The average molecular weight is 381 g/mol. The molecule has 3 atom stereocenters. The van der Waals surface area contributed by atoms with E-state index in [0.29, 0.717) is 0 Å². The highest BCUT2D eigenvalue weighted by molar-refractivity contribution is 6.30. The normalized spacial score (nSPS) is 27.4. The van der Waals surface area contributed by atoms with Gasteiger partial charge in [0.2, 0.25) is 0 Å². The predicted molar refractivity (Wildman–Crippen MR) is 105 cm³/mol. The number of benzene rings is 1. The van der Waals surface area contributed by atoms with E-state index in [1.807, 2.05) is 31.6 Å². The van der Waals surface area contributed by atoms with Crippen molar-refractivity contribution in [1.29, 1.82) is 0 Å². The van der Waals surface area contributed by atoms with Gasteiger partial charge >= 0.3 is 0 Å². The van der Waals surface area contributed by atoms with Gasteiger partial charge in [0, 0.05) is 42.1 Å². The van der Waals surface area contributed by atoms with Crippen molar-refractivity contribution in [2.45, 2.75) is 37.3 Å². The Balaban J connectivity index is 1.69. The first-order valence-corrected chi connectivity index (χ1v) is 9.81. The number of aryl methyl sites for hydroxylation is 1. The zero-order valence-electron chi connectivity index (χ0n) is 15.2. The molecular weight excluding hydrogens is 360 g/mol. The number of aliphatic imine (C=N–C) groups is 1. The van der Waals surface area contributed by atoms with Crippen molar-refractivity contribution in [3.63, 3.8) is 0 Å². The molecule has 138 valence electrons. The third-order valence-corrected chi connectivity index (χ3v) is 6.23. The van der Waals surface area contributed by atoms with Crippen molar-refractivity contribution in [1.82, 2.24) is 14.9 Å². The van der Waals surface area contributed by atoms with Crippen LogP contribution in [0.2, 0.25) is 5.02 Å². The summed E-state index contributed by atoms with van der Waals surface area (Å²) >= 11 is 6.12. The van der Waals surface area contributed by atoms with Gasteiger partial charge in [-0.05, 0) is 42.5 Å². The fourth-order valence-corrected chi connectivity index (χ4v) is 4.87. The van der Waals surface area contributed by atoms with Crippen LogP contribution < -0.4 is 5.32 Å². The number of dihydropyridines is 1. The second-order valence-corrected chi connectivity index (χ2v) is 7.97. The summed E-state index contributed by atoms with van der Waals surface area (Å²) in [6.45, 7) is 0.259. The first-order chi connectivity index (χ1) is 13.1. The van der Waals surface area contributed by atoms with Gasteiger partial charge in [-0.1, -0.05) is 23.7 Å². The lowest BCUT2D eigenvalue weighted by Gasteiger charge is -2.44. The number of halogens is 1. The Morgan fingerprint density at radius 3 is 2.81 bits per heavy atom. The Bertz CT molecular complexity index is 972. The fourth-order valence-electron chi connectivity index (χ4n) is 4.74. The maximum atomic E-state index is 12.5. The predicted octanol–water partition coefficient (Wildman–Crippen LogP) is 3.37. The van der Waals surface area contributed by atoms with Crippen LogP contribution >= 0.6 is 11.6 Å². The van der Waals surface area contributed by atoms with E-state index in [2.05, 4.69) is 27.0 Å². The molecule has 1 saturated heterocycles. The van der Waals surface area contributed by atoms with Gasteiger partial charge in [-0.3, -0.25) is 9.79 Å². The van der Waals surface area contributed by atoms with Gasteiger partial charge in [-0.25, -0.2) is 4.98 Å². The summed E-state index contributed by atoms with van der Waals surface area (Å²) in [5, 5.41) is 4.54. The first kappa shape index (κ1) is 16.9. The molecule has 0 radical (unpaired) electrons. The number of ketones is 1. The Morgan fingerprint density at radius 1 is 1.26 bits per heavy atom. The van der Waals surface area contributed by atoms with Crippen molar-refractivity contribution in [3.05, 3.63) is 64.2 Å². The van der Waals surface area contributed by atoms with Crippen molar-refractivity contribution in [2.24, 2.45) is 12.0 Å². The summed E-state index contributed by atoms with van der Waals surface area (Å²) in [6.07, 6.45) is 6.72. The molecule has 2 aliphatic heterocycles. The maximum absolute atomic E-state index is 12.5. The van der Waals surface area contributed by atoms with Crippen LogP contribution in [0.5, 0.6) is 0 Å². The van der Waals surface area contributed by atoms with Crippen molar-refractivity contribution in [3.8, 4) is 0 Å². The van der Waals surface area contributed by atoms with E-state index in [0.717, 1.165) is 52.5 Å². The van der Waals surface area contributed by atoms with Crippen LogP contribution in [-0.4, -0.2) is 33.6 Å². The minimum Gasteiger partial charge on any atom is -0.337 e. The molecule has 6 heteroatoms. The topological polar surface area (TPSA) is 59.3 Å². The number of Topliss-reactive ketones (excluding diaryl/α,β-unsaturated/α-hetero) is 1. The summed E-state index contributed by atoms with van der Waals surface area (Å²) in [5.74, 6) is 1.12. The van der Waals surface area contributed by atoms with Gasteiger partial charge in [0.25, 0.3) is 0 Å². The summed E-state index contributed by atoms with van der Waals surface area (Å²) in [5.41, 5.74) is 4.33. The van der Waals surface area contributed by atoms with Crippen molar-refractivity contribution < 1.29 is 4.79 Å². The molecule has 1 aromatic carbocycles. The Kier molecular flexibility index (Phi) is 4.02. The number of piperidine rings is 1. The number of nitrogens with zero attached hydrogens (tertiary/aromatic N) is 3. The maximum Gasteiger partial charge on any atom is 0.180 e. The van der Waals surface area contributed by atoms with E-state index >= 15 is 0 Å². The minimum atomic E-state index is -0.0291. The van der Waals surface area contributed by atoms with Gasteiger partial charge in [-0.15, -0.1) is 0 Å². The number of carbonyl (C=O) groups is 1. The number of imidazole rings is 1. The lowest BCUT2D eigenvalue weighted by Crippen LogP contribution is -2.51. The van der Waals surface area contributed by atoms with E-state index in [1.165, 1.54) is 0 Å². The van der Waals surface area contributed by atoms with Crippen LogP contribution in [-0.2, 0) is 11.8 Å². The van der Waals surface area contributed by atoms with Gasteiger partial charge in [-0.2, -0.15) is 0 Å². The molecule has 1 aliphatic carbocycles. The molecular formula is C21H21ClN4O. The molecule has 1 N–H and O–H groups in total. The lowest BCUT2D eigenvalue weighted by molar-refractivity contribution is -0.114. The standard InChI is InChI=1S/C21H21ClN4O/c1-26-10-9-23-21(26)18-19(12-5-7-13(22)8-6-12)25-15-4-2-3-14-16(27)11-24-20(18)17(14)15/h5-10,15,18-19,25H,2-4,11H2,1H3.